The number of aromatic nitrogens is 2. The van der Waals surface area contributed by atoms with Crippen LogP contribution in [0.15, 0.2) is 47.6 Å². The molecular formula is C29H34N4O2S. The van der Waals surface area contributed by atoms with Gasteiger partial charge in [0, 0.05) is 11.0 Å². The van der Waals surface area contributed by atoms with Crippen molar-refractivity contribution in [1.29, 1.82) is 0 Å². The van der Waals surface area contributed by atoms with Gasteiger partial charge < -0.3 is 10.3 Å². The summed E-state index contributed by atoms with van der Waals surface area (Å²) >= 11 is 1.53. The van der Waals surface area contributed by atoms with Crippen LogP contribution in [-0.2, 0) is 4.79 Å². The van der Waals surface area contributed by atoms with E-state index in [1.165, 1.54) is 16.9 Å². The number of H-pyrrole nitrogens is 1. The van der Waals surface area contributed by atoms with Crippen molar-refractivity contribution in [3.8, 4) is 21.7 Å². The van der Waals surface area contributed by atoms with Crippen LogP contribution in [0, 0.1) is 10.3 Å². The number of nitroso groups, excluding NO2 is 1. The minimum Gasteiger partial charge on any atom is -0.322 e. The number of rotatable bonds is 8. The number of anilines is 1. The van der Waals surface area contributed by atoms with Gasteiger partial charge in [0.15, 0.2) is 5.82 Å². The fraction of sp³-hybridized carbons (Fsp3) is 0.379. The van der Waals surface area contributed by atoms with Crippen LogP contribution in [0.3, 0.4) is 0 Å². The topological polar surface area (TPSA) is 87.2 Å². The van der Waals surface area contributed by atoms with Crippen LogP contribution in [0.5, 0.6) is 0 Å². The molecule has 7 heteroatoms. The van der Waals surface area contributed by atoms with E-state index in [2.05, 4.69) is 61.4 Å². The highest BCUT2D eigenvalue weighted by Crippen LogP contribution is 2.49. The summed E-state index contributed by atoms with van der Waals surface area (Å²) in [5, 5.41) is 7.16. The minimum absolute atomic E-state index is 0.128. The second-order valence-electron chi connectivity index (χ2n) is 10.5. The zero-order chi connectivity index (χ0) is 26.2. The number of benzene rings is 2. The van der Waals surface area contributed by atoms with Crippen LogP contribution in [0.4, 0.5) is 11.6 Å². The van der Waals surface area contributed by atoms with Crippen molar-refractivity contribution in [3.63, 3.8) is 0 Å². The average Bonchev–Trinajstić information content (AvgIpc) is 3.44. The first-order valence-corrected chi connectivity index (χ1v) is 13.3. The Balaban J connectivity index is 2.02. The lowest BCUT2D eigenvalue weighted by atomic mass is 9.87. The van der Waals surface area contributed by atoms with Crippen molar-refractivity contribution in [2.45, 2.75) is 66.7 Å². The van der Waals surface area contributed by atoms with Gasteiger partial charge in [0.2, 0.25) is 5.91 Å². The van der Waals surface area contributed by atoms with Crippen LogP contribution >= 0.6 is 11.3 Å². The summed E-state index contributed by atoms with van der Waals surface area (Å²) in [6.07, 6.45) is 0.676. The van der Waals surface area contributed by atoms with E-state index in [0.29, 0.717) is 29.3 Å². The van der Waals surface area contributed by atoms with E-state index >= 15 is 0 Å². The van der Waals surface area contributed by atoms with E-state index < -0.39 is 5.41 Å². The molecule has 0 radical (unpaired) electrons. The molecule has 1 amide bonds. The molecule has 4 rings (SSSR count). The number of amides is 1. The zero-order valence-electron chi connectivity index (χ0n) is 22.0. The average molecular weight is 503 g/mol. The number of carbonyl (C=O) groups excluding carboxylic acids is 1. The summed E-state index contributed by atoms with van der Waals surface area (Å²) in [6.45, 7) is 14.4. The molecule has 0 spiro atoms. The van der Waals surface area contributed by atoms with Crippen molar-refractivity contribution in [3.05, 3.63) is 58.5 Å². The third kappa shape index (κ3) is 4.72. The number of para-hydroxylation sites is 1. The molecule has 0 aliphatic rings. The standard InChI is InChI=1S/C29H34N4O2S/c1-8-29(6,7)28(34)32-25-24(27-30-21-11-9-10-12-22(21)36-27)23(26(31-25)33-35)19-14-13-18(16(2)3)15-20(19)17(4)5/h9-17,31H,8H2,1-7H3,(H,32,34). The molecule has 0 fully saturated rings. The fourth-order valence-electron chi connectivity index (χ4n) is 4.19. The summed E-state index contributed by atoms with van der Waals surface area (Å²) in [5.41, 5.74) is 4.95. The molecule has 2 heterocycles. The van der Waals surface area contributed by atoms with Gasteiger partial charge in [-0.15, -0.1) is 16.2 Å². The maximum absolute atomic E-state index is 13.2. The van der Waals surface area contributed by atoms with Crippen LogP contribution in [-0.4, -0.2) is 15.9 Å². The Hall–Kier alpha value is -3.32. The first-order chi connectivity index (χ1) is 17.1. The number of hydrogen-bond donors (Lipinski definition) is 2. The third-order valence-corrected chi connectivity index (χ3v) is 8.00. The molecule has 2 N–H and O–H groups in total. The molecule has 0 aliphatic heterocycles. The highest BCUT2D eigenvalue weighted by atomic mass is 32.1. The van der Waals surface area contributed by atoms with Gasteiger partial charge in [0.1, 0.15) is 10.8 Å². The maximum atomic E-state index is 13.2. The van der Waals surface area contributed by atoms with Gasteiger partial charge >= 0.3 is 0 Å². The smallest absolute Gasteiger partial charge is 0.231 e. The molecule has 6 nitrogen and oxygen atoms in total. The second kappa shape index (κ2) is 9.97. The minimum atomic E-state index is -0.576. The van der Waals surface area contributed by atoms with Crippen LogP contribution in [0.25, 0.3) is 31.9 Å². The number of nitrogens with zero attached hydrogens (tertiary/aromatic N) is 2. The fourth-order valence-corrected chi connectivity index (χ4v) is 5.22. The van der Waals surface area contributed by atoms with E-state index in [-0.39, 0.29) is 17.6 Å². The van der Waals surface area contributed by atoms with Crippen molar-refractivity contribution < 1.29 is 4.79 Å². The van der Waals surface area contributed by atoms with E-state index in [9.17, 15) is 9.70 Å². The summed E-state index contributed by atoms with van der Waals surface area (Å²) in [4.78, 5) is 33.4. The first-order valence-electron chi connectivity index (χ1n) is 12.5. The Bertz CT molecular complexity index is 1400. The molecule has 0 unspecified atom stereocenters. The van der Waals surface area contributed by atoms with E-state index in [1.807, 2.05) is 45.0 Å². The summed E-state index contributed by atoms with van der Waals surface area (Å²) in [7, 11) is 0. The predicted octanol–water partition coefficient (Wildman–Crippen LogP) is 8.98. The van der Waals surface area contributed by atoms with Crippen molar-refractivity contribution in [2.24, 2.45) is 10.6 Å². The Morgan fingerprint density at radius 3 is 2.42 bits per heavy atom. The molecule has 2 aromatic heterocycles. The van der Waals surface area contributed by atoms with E-state index in [0.717, 1.165) is 26.4 Å². The Morgan fingerprint density at radius 1 is 1.08 bits per heavy atom. The maximum Gasteiger partial charge on any atom is 0.231 e. The van der Waals surface area contributed by atoms with Crippen molar-refractivity contribution >= 4 is 39.1 Å². The molecule has 0 atom stereocenters. The molecule has 2 aromatic carbocycles. The molecule has 0 saturated carbocycles. The molecule has 0 saturated heterocycles. The van der Waals surface area contributed by atoms with Gasteiger partial charge in [0.25, 0.3) is 0 Å². The number of hydrogen-bond acceptors (Lipinski definition) is 5. The summed E-state index contributed by atoms with van der Waals surface area (Å²) in [5.74, 6) is 1.10. The molecular weight excluding hydrogens is 468 g/mol. The monoisotopic (exact) mass is 502 g/mol. The number of thiazole rings is 1. The number of aromatic amines is 1. The molecule has 36 heavy (non-hydrogen) atoms. The van der Waals surface area contributed by atoms with Gasteiger partial charge in [-0.3, -0.25) is 4.79 Å². The van der Waals surface area contributed by atoms with Crippen LogP contribution < -0.4 is 5.32 Å². The number of carbonyl (C=O) groups is 1. The largest absolute Gasteiger partial charge is 0.322 e. The third-order valence-electron chi connectivity index (χ3n) is 6.95. The quantitative estimate of drug-likeness (QED) is 0.236. The molecule has 4 aromatic rings. The van der Waals surface area contributed by atoms with Gasteiger partial charge in [-0.1, -0.05) is 78.8 Å². The highest BCUT2D eigenvalue weighted by Gasteiger charge is 2.31. The first kappa shape index (κ1) is 25.8. The lowest BCUT2D eigenvalue weighted by Crippen LogP contribution is -2.30. The Morgan fingerprint density at radius 2 is 1.81 bits per heavy atom. The molecule has 0 bridgehead atoms. The van der Waals surface area contributed by atoms with Crippen molar-refractivity contribution in [1.82, 2.24) is 9.97 Å². The van der Waals surface area contributed by atoms with Gasteiger partial charge in [-0.2, -0.15) is 0 Å². The SMILES string of the molecule is CCC(C)(C)C(=O)Nc1[nH]c(N=O)c(-c2ccc(C(C)C)cc2C(C)C)c1-c1nc2ccccc2s1. The van der Waals surface area contributed by atoms with Gasteiger partial charge in [-0.25, -0.2) is 4.98 Å². The molecule has 0 aliphatic carbocycles. The predicted molar refractivity (Wildman–Crippen MR) is 151 cm³/mol. The van der Waals surface area contributed by atoms with Gasteiger partial charge in [-0.05, 0) is 52.3 Å². The molecule has 188 valence electrons. The van der Waals surface area contributed by atoms with Crippen LogP contribution in [0.2, 0.25) is 0 Å². The Labute approximate surface area is 216 Å². The second-order valence-corrected chi connectivity index (χ2v) is 11.6. The zero-order valence-corrected chi connectivity index (χ0v) is 22.8. The lowest BCUT2D eigenvalue weighted by molar-refractivity contribution is -0.124. The highest BCUT2D eigenvalue weighted by molar-refractivity contribution is 7.21. The Kier molecular flexibility index (Phi) is 7.14. The summed E-state index contributed by atoms with van der Waals surface area (Å²) < 4.78 is 1.03. The van der Waals surface area contributed by atoms with Gasteiger partial charge in [0.05, 0.1) is 15.8 Å². The van der Waals surface area contributed by atoms with Crippen molar-refractivity contribution in [2.75, 3.05) is 5.32 Å². The summed E-state index contributed by atoms with van der Waals surface area (Å²) in [6, 6.07) is 14.3. The lowest BCUT2D eigenvalue weighted by Gasteiger charge is -2.21. The van der Waals surface area contributed by atoms with E-state index in [4.69, 9.17) is 4.98 Å². The number of fused-ring (bicyclic) bond motifs is 1. The van der Waals surface area contributed by atoms with E-state index in [1.54, 1.807) is 0 Å². The number of nitrogens with one attached hydrogen (secondary N) is 2. The van der Waals surface area contributed by atoms with Crippen LogP contribution in [0.1, 0.15) is 77.8 Å². The normalized spacial score (nSPS) is 12.0.